The number of rotatable bonds is 9. The quantitative estimate of drug-likeness (QED) is 0.686. The van der Waals surface area contributed by atoms with Gasteiger partial charge in [0.1, 0.15) is 18.1 Å². The first kappa shape index (κ1) is 18.6. The summed E-state index contributed by atoms with van der Waals surface area (Å²) in [6.45, 7) is 5.43. The zero-order chi connectivity index (χ0) is 18.1. The van der Waals surface area contributed by atoms with Crippen LogP contribution >= 0.6 is 0 Å². The highest BCUT2D eigenvalue weighted by atomic mass is 16.5. The summed E-state index contributed by atoms with van der Waals surface area (Å²) in [4.78, 5) is 11.8. The fraction of sp³-hybridized carbons (Fsp3) is 0.350. The molecule has 0 spiro atoms. The number of methoxy groups -OCH3 is 1. The van der Waals surface area contributed by atoms with Crippen LogP contribution in [0.15, 0.2) is 48.5 Å². The number of hydrogen-bond donors (Lipinski definition) is 2. The molecule has 0 aromatic heterocycles. The van der Waals surface area contributed by atoms with Gasteiger partial charge in [0.25, 0.3) is 0 Å². The standard InChI is InChI=1S/C20H26N2O3/c1-15(2)16-4-6-17(7-5-16)22-14-20(23)21-12-13-25-19-10-8-18(24-3)9-11-19/h4-11,15,22H,12-14H2,1-3H3,(H,21,23). The van der Waals surface area contributed by atoms with Crippen molar-refractivity contribution in [2.75, 3.05) is 32.1 Å². The summed E-state index contributed by atoms with van der Waals surface area (Å²) < 4.78 is 10.7. The van der Waals surface area contributed by atoms with Crippen LogP contribution in [0.4, 0.5) is 5.69 Å². The summed E-state index contributed by atoms with van der Waals surface area (Å²) >= 11 is 0. The summed E-state index contributed by atoms with van der Waals surface area (Å²) in [7, 11) is 1.62. The molecule has 2 N–H and O–H groups in total. The minimum absolute atomic E-state index is 0.0636. The molecule has 0 atom stereocenters. The van der Waals surface area contributed by atoms with Crippen molar-refractivity contribution in [2.24, 2.45) is 0 Å². The molecule has 0 saturated heterocycles. The van der Waals surface area contributed by atoms with Gasteiger partial charge in [-0.2, -0.15) is 0 Å². The van der Waals surface area contributed by atoms with E-state index in [0.29, 0.717) is 19.1 Å². The number of anilines is 1. The zero-order valence-electron chi connectivity index (χ0n) is 15.0. The third-order valence-corrected chi connectivity index (χ3v) is 3.78. The molecule has 2 aromatic carbocycles. The highest BCUT2D eigenvalue weighted by Crippen LogP contribution is 2.17. The number of ether oxygens (including phenoxy) is 2. The minimum Gasteiger partial charge on any atom is -0.497 e. The fourth-order valence-electron chi connectivity index (χ4n) is 2.26. The van der Waals surface area contributed by atoms with Crippen molar-refractivity contribution in [3.05, 3.63) is 54.1 Å². The molecule has 0 saturated carbocycles. The van der Waals surface area contributed by atoms with Crippen molar-refractivity contribution < 1.29 is 14.3 Å². The second-order valence-corrected chi connectivity index (χ2v) is 6.00. The van der Waals surface area contributed by atoms with Crippen molar-refractivity contribution in [1.29, 1.82) is 0 Å². The van der Waals surface area contributed by atoms with E-state index in [1.54, 1.807) is 7.11 Å². The molecule has 1 amide bonds. The number of hydrogen-bond acceptors (Lipinski definition) is 4. The van der Waals surface area contributed by atoms with E-state index in [2.05, 4.69) is 36.6 Å². The second kappa shape index (κ2) is 9.57. The Balaban J connectivity index is 1.63. The maximum Gasteiger partial charge on any atom is 0.239 e. The molecular formula is C20H26N2O3. The van der Waals surface area contributed by atoms with Gasteiger partial charge in [-0.15, -0.1) is 0 Å². The first-order chi connectivity index (χ1) is 12.1. The van der Waals surface area contributed by atoms with E-state index in [9.17, 15) is 4.79 Å². The normalized spacial score (nSPS) is 10.4. The van der Waals surface area contributed by atoms with Gasteiger partial charge in [0.05, 0.1) is 20.2 Å². The smallest absolute Gasteiger partial charge is 0.239 e. The molecule has 0 bridgehead atoms. The summed E-state index contributed by atoms with van der Waals surface area (Å²) in [5.41, 5.74) is 2.22. The Labute approximate surface area is 149 Å². The molecule has 25 heavy (non-hydrogen) atoms. The molecule has 0 unspecified atom stereocenters. The van der Waals surface area contributed by atoms with E-state index in [0.717, 1.165) is 17.2 Å². The van der Waals surface area contributed by atoms with Crippen LogP contribution in [0.1, 0.15) is 25.3 Å². The molecule has 0 aliphatic carbocycles. The number of benzene rings is 2. The van der Waals surface area contributed by atoms with Crippen molar-refractivity contribution in [1.82, 2.24) is 5.32 Å². The number of carbonyl (C=O) groups excluding carboxylic acids is 1. The Morgan fingerprint density at radius 2 is 1.64 bits per heavy atom. The predicted octanol–water partition coefficient (Wildman–Crippen LogP) is 3.43. The van der Waals surface area contributed by atoms with Crippen LogP contribution in [0.3, 0.4) is 0 Å². The number of nitrogens with one attached hydrogen (secondary N) is 2. The average molecular weight is 342 g/mol. The highest BCUT2D eigenvalue weighted by Gasteiger charge is 2.02. The average Bonchev–Trinajstić information content (AvgIpc) is 2.64. The molecule has 134 valence electrons. The molecule has 0 fully saturated rings. The van der Waals surface area contributed by atoms with Crippen molar-refractivity contribution in [3.63, 3.8) is 0 Å². The molecule has 0 aliphatic heterocycles. The van der Waals surface area contributed by atoms with Gasteiger partial charge >= 0.3 is 0 Å². The maximum absolute atomic E-state index is 11.8. The summed E-state index contributed by atoms with van der Waals surface area (Å²) in [6, 6.07) is 15.5. The lowest BCUT2D eigenvalue weighted by Crippen LogP contribution is -2.33. The van der Waals surface area contributed by atoms with Crippen LogP contribution in [-0.4, -0.2) is 32.7 Å². The van der Waals surface area contributed by atoms with E-state index < -0.39 is 0 Å². The molecular weight excluding hydrogens is 316 g/mol. The second-order valence-electron chi connectivity index (χ2n) is 6.00. The van der Waals surface area contributed by atoms with Crippen molar-refractivity contribution in [3.8, 4) is 11.5 Å². The van der Waals surface area contributed by atoms with Crippen LogP contribution in [-0.2, 0) is 4.79 Å². The third kappa shape index (κ3) is 6.37. The van der Waals surface area contributed by atoms with E-state index in [4.69, 9.17) is 9.47 Å². The Hall–Kier alpha value is -2.69. The summed E-state index contributed by atoms with van der Waals surface area (Å²) in [5, 5.41) is 5.94. The van der Waals surface area contributed by atoms with Crippen LogP contribution in [0.5, 0.6) is 11.5 Å². The lowest BCUT2D eigenvalue weighted by atomic mass is 10.0. The van der Waals surface area contributed by atoms with Crippen molar-refractivity contribution in [2.45, 2.75) is 19.8 Å². The zero-order valence-corrected chi connectivity index (χ0v) is 15.0. The maximum atomic E-state index is 11.8. The largest absolute Gasteiger partial charge is 0.497 e. The molecule has 0 heterocycles. The summed E-state index contributed by atoms with van der Waals surface area (Å²) in [5.74, 6) is 1.97. The van der Waals surface area contributed by atoms with E-state index in [1.165, 1.54) is 5.56 Å². The number of carbonyl (C=O) groups is 1. The Morgan fingerprint density at radius 3 is 2.24 bits per heavy atom. The number of amides is 1. The van der Waals surface area contributed by atoms with Gasteiger partial charge in [-0.05, 0) is 47.9 Å². The lowest BCUT2D eigenvalue weighted by molar-refractivity contribution is -0.119. The Morgan fingerprint density at radius 1 is 1.00 bits per heavy atom. The van der Waals surface area contributed by atoms with Gasteiger partial charge in [-0.25, -0.2) is 0 Å². The van der Waals surface area contributed by atoms with E-state index in [1.807, 2.05) is 36.4 Å². The SMILES string of the molecule is COc1ccc(OCCNC(=O)CNc2ccc(C(C)C)cc2)cc1. The Bertz CT molecular complexity index is 652. The molecule has 5 nitrogen and oxygen atoms in total. The molecule has 0 aliphatic rings. The third-order valence-electron chi connectivity index (χ3n) is 3.78. The topological polar surface area (TPSA) is 59.6 Å². The molecule has 2 aromatic rings. The van der Waals surface area contributed by atoms with Crippen molar-refractivity contribution >= 4 is 11.6 Å². The minimum atomic E-state index is -0.0636. The molecule has 2 rings (SSSR count). The van der Waals surface area contributed by atoms with Gasteiger partial charge in [0.15, 0.2) is 0 Å². The highest BCUT2D eigenvalue weighted by molar-refractivity contribution is 5.80. The van der Waals surface area contributed by atoms with Crippen LogP contribution in [0.25, 0.3) is 0 Å². The summed E-state index contributed by atoms with van der Waals surface area (Å²) in [6.07, 6.45) is 0. The Kier molecular flexibility index (Phi) is 7.14. The fourth-order valence-corrected chi connectivity index (χ4v) is 2.26. The van der Waals surface area contributed by atoms with Gasteiger partial charge in [-0.1, -0.05) is 26.0 Å². The van der Waals surface area contributed by atoms with Crippen LogP contribution in [0, 0.1) is 0 Å². The predicted molar refractivity (Wildman–Crippen MR) is 101 cm³/mol. The van der Waals surface area contributed by atoms with Gasteiger partial charge in [-0.3, -0.25) is 4.79 Å². The lowest BCUT2D eigenvalue weighted by Gasteiger charge is -2.10. The first-order valence-corrected chi connectivity index (χ1v) is 8.46. The molecule has 5 heteroatoms. The van der Waals surface area contributed by atoms with Gasteiger partial charge < -0.3 is 20.1 Å². The monoisotopic (exact) mass is 342 g/mol. The van der Waals surface area contributed by atoms with Gasteiger partial charge in [0.2, 0.25) is 5.91 Å². The molecule has 0 radical (unpaired) electrons. The van der Waals surface area contributed by atoms with E-state index >= 15 is 0 Å². The first-order valence-electron chi connectivity index (χ1n) is 8.46. The van der Waals surface area contributed by atoms with Crippen LogP contribution < -0.4 is 20.1 Å². The van der Waals surface area contributed by atoms with Crippen LogP contribution in [0.2, 0.25) is 0 Å². The van der Waals surface area contributed by atoms with Gasteiger partial charge in [0, 0.05) is 5.69 Å². The van der Waals surface area contributed by atoms with E-state index in [-0.39, 0.29) is 12.5 Å².